The van der Waals surface area contributed by atoms with E-state index in [2.05, 4.69) is 4.72 Å². The van der Waals surface area contributed by atoms with E-state index in [1.807, 2.05) is 0 Å². The predicted molar refractivity (Wildman–Crippen MR) is 84.2 cm³/mol. The lowest BCUT2D eigenvalue weighted by atomic mass is 10.0. The molecule has 8 heteroatoms. The third-order valence-corrected chi connectivity index (χ3v) is 6.63. The van der Waals surface area contributed by atoms with Crippen LogP contribution in [0.5, 0.6) is 0 Å². The van der Waals surface area contributed by atoms with Gasteiger partial charge in [-0.2, -0.15) is 0 Å². The van der Waals surface area contributed by atoms with E-state index in [-0.39, 0.29) is 17.9 Å². The van der Waals surface area contributed by atoms with Gasteiger partial charge in [0, 0.05) is 16.0 Å². The molecule has 0 unspecified atom stereocenters. The highest BCUT2D eigenvalue weighted by Gasteiger charge is 2.40. The van der Waals surface area contributed by atoms with Crippen molar-refractivity contribution in [1.82, 2.24) is 4.72 Å². The summed E-state index contributed by atoms with van der Waals surface area (Å²) >= 11 is 5.75. The topological polar surface area (TPSA) is 80.3 Å². The molecule has 1 atom stereocenters. The largest absolute Gasteiger partial charge is 0.234 e. The third kappa shape index (κ3) is 4.81. The van der Waals surface area contributed by atoms with Crippen LogP contribution in [0.2, 0.25) is 5.02 Å². The number of hydrogen-bond donors (Lipinski definition) is 1. The lowest BCUT2D eigenvalue weighted by molar-refractivity contribution is 0.465. The first-order valence-corrected chi connectivity index (χ1v) is 10.0. The Labute approximate surface area is 130 Å². The molecular formula is C13H16ClNO4S2. The number of benzene rings is 1. The minimum absolute atomic E-state index is 0.00686. The lowest BCUT2D eigenvalue weighted by Gasteiger charge is -2.22. The minimum atomic E-state index is -3.71. The molecule has 0 spiro atoms. The van der Waals surface area contributed by atoms with Crippen molar-refractivity contribution < 1.29 is 16.8 Å². The standard InChI is InChI=1S/C13H16ClNO4S2/c1-13(7-9-20(16,17)10-13)15-21(18,19)8-6-11-2-4-12(14)5-3-11/h2-6,8,15H,7,9-10H2,1H3/b8-6+/t13-/m0/s1. The first-order chi connectivity index (χ1) is 9.59. The van der Waals surface area contributed by atoms with Crippen LogP contribution in [0, 0.1) is 0 Å². The zero-order valence-electron chi connectivity index (χ0n) is 11.4. The van der Waals surface area contributed by atoms with Crippen molar-refractivity contribution in [2.24, 2.45) is 0 Å². The minimum Gasteiger partial charge on any atom is -0.229 e. The summed E-state index contributed by atoms with van der Waals surface area (Å²) < 4.78 is 49.5. The molecule has 1 fully saturated rings. The predicted octanol–water partition coefficient (Wildman–Crippen LogP) is 1.81. The summed E-state index contributed by atoms with van der Waals surface area (Å²) in [6.45, 7) is 1.60. The van der Waals surface area contributed by atoms with Crippen LogP contribution < -0.4 is 4.72 Å². The molecule has 1 N–H and O–H groups in total. The smallest absolute Gasteiger partial charge is 0.229 e. The van der Waals surface area contributed by atoms with Crippen LogP contribution in [-0.2, 0) is 19.9 Å². The Hall–Kier alpha value is -0.890. The Bertz CT molecular complexity index is 754. The molecule has 0 amide bonds. The summed E-state index contributed by atoms with van der Waals surface area (Å²) in [7, 11) is -6.87. The average molecular weight is 350 g/mol. The first kappa shape index (κ1) is 16.5. The molecule has 0 saturated carbocycles. The maximum absolute atomic E-state index is 12.0. The molecule has 5 nitrogen and oxygen atoms in total. The third-order valence-electron chi connectivity index (χ3n) is 3.20. The van der Waals surface area contributed by atoms with Crippen molar-refractivity contribution in [2.75, 3.05) is 11.5 Å². The Morgan fingerprint density at radius 2 is 1.90 bits per heavy atom. The number of hydrogen-bond acceptors (Lipinski definition) is 4. The van der Waals surface area contributed by atoms with Crippen LogP contribution in [0.3, 0.4) is 0 Å². The Kier molecular flexibility index (Phi) is 4.49. The molecule has 0 radical (unpaired) electrons. The van der Waals surface area contributed by atoms with Crippen molar-refractivity contribution in [3.63, 3.8) is 0 Å². The molecule has 1 aromatic rings. The molecule has 1 heterocycles. The molecule has 1 saturated heterocycles. The van der Waals surface area contributed by atoms with E-state index in [1.54, 1.807) is 31.2 Å². The number of sulfone groups is 1. The summed E-state index contributed by atoms with van der Waals surface area (Å²) in [5.74, 6) is -0.166. The van der Waals surface area contributed by atoms with Crippen LogP contribution in [0.1, 0.15) is 18.9 Å². The van der Waals surface area contributed by atoms with Crippen molar-refractivity contribution >= 4 is 37.5 Å². The van der Waals surface area contributed by atoms with Gasteiger partial charge in [0.15, 0.2) is 9.84 Å². The Morgan fingerprint density at radius 1 is 1.29 bits per heavy atom. The van der Waals surface area contributed by atoms with Crippen LogP contribution >= 0.6 is 11.6 Å². The van der Waals surface area contributed by atoms with Gasteiger partial charge in [-0.25, -0.2) is 21.6 Å². The van der Waals surface area contributed by atoms with E-state index in [4.69, 9.17) is 11.6 Å². The van der Waals surface area contributed by atoms with E-state index in [1.165, 1.54) is 6.08 Å². The molecule has 1 aliphatic rings. The summed E-state index contributed by atoms with van der Waals surface area (Å²) in [6.07, 6.45) is 1.72. The maximum Gasteiger partial charge on any atom is 0.234 e. The summed E-state index contributed by atoms with van der Waals surface area (Å²) in [6, 6.07) is 6.70. The molecule has 0 bridgehead atoms. The zero-order valence-corrected chi connectivity index (χ0v) is 13.8. The van der Waals surface area contributed by atoms with Crippen molar-refractivity contribution in [3.05, 3.63) is 40.3 Å². The van der Waals surface area contributed by atoms with Gasteiger partial charge in [0.25, 0.3) is 0 Å². The van der Waals surface area contributed by atoms with Gasteiger partial charge >= 0.3 is 0 Å². The fourth-order valence-corrected chi connectivity index (χ4v) is 5.79. The second kappa shape index (κ2) is 5.72. The number of sulfonamides is 1. The maximum atomic E-state index is 12.0. The van der Waals surface area contributed by atoms with Crippen LogP contribution in [0.15, 0.2) is 29.7 Å². The van der Waals surface area contributed by atoms with Gasteiger partial charge in [-0.1, -0.05) is 23.7 Å². The van der Waals surface area contributed by atoms with E-state index >= 15 is 0 Å². The first-order valence-electron chi connectivity index (χ1n) is 6.27. The van der Waals surface area contributed by atoms with Crippen molar-refractivity contribution in [2.45, 2.75) is 18.9 Å². The van der Waals surface area contributed by atoms with Crippen LogP contribution in [-0.4, -0.2) is 33.9 Å². The molecule has 21 heavy (non-hydrogen) atoms. The SMILES string of the molecule is C[C@]1(NS(=O)(=O)/C=C/c2ccc(Cl)cc2)CCS(=O)(=O)C1. The summed E-state index contributed by atoms with van der Waals surface area (Å²) in [5.41, 5.74) is -0.254. The van der Waals surface area contributed by atoms with E-state index in [0.717, 1.165) is 5.41 Å². The van der Waals surface area contributed by atoms with Gasteiger partial charge in [-0.3, -0.25) is 0 Å². The molecular weight excluding hydrogens is 334 g/mol. The Morgan fingerprint density at radius 3 is 2.43 bits per heavy atom. The molecule has 1 aromatic carbocycles. The van der Waals surface area contributed by atoms with Gasteiger partial charge in [-0.15, -0.1) is 0 Å². The van der Waals surface area contributed by atoms with Gasteiger partial charge in [0.2, 0.25) is 10.0 Å². The molecule has 2 rings (SSSR count). The molecule has 0 aromatic heterocycles. The quantitative estimate of drug-likeness (QED) is 0.898. The average Bonchev–Trinajstić information content (AvgIpc) is 2.61. The van der Waals surface area contributed by atoms with E-state index in [0.29, 0.717) is 10.6 Å². The highest BCUT2D eigenvalue weighted by Crippen LogP contribution is 2.24. The molecule has 116 valence electrons. The molecule has 1 aliphatic heterocycles. The van der Waals surface area contributed by atoms with Gasteiger partial charge in [-0.05, 0) is 37.1 Å². The van der Waals surface area contributed by atoms with Crippen molar-refractivity contribution in [3.8, 4) is 0 Å². The fraction of sp³-hybridized carbons (Fsp3) is 0.385. The van der Waals surface area contributed by atoms with Gasteiger partial charge in [0.1, 0.15) is 0 Å². The number of halogens is 1. The van der Waals surface area contributed by atoms with Crippen LogP contribution in [0.4, 0.5) is 0 Å². The van der Waals surface area contributed by atoms with Gasteiger partial charge in [0.05, 0.1) is 11.5 Å². The van der Waals surface area contributed by atoms with E-state index < -0.39 is 25.4 Å². The van der Waals surface area contributed by atoms with Gasteiger partial charge < -0.3 is 0 Å². The highest BCUT2D eigenvalue weighted by atomic mass is 35.5. The normalized spacial score (nSPS) is 25.4. The number of rotatable bonds is 4. The second-order valence-electron chi connectivity index (χ2n) is 5.40. The highest BCUT2D eigenvalue weighted by molar-refractivity contribution is 7.93. The van der Waals surface area contributed by atoms with Crippen molar-refractivity contribution in [1.29, 1.82) is 0 Å². The monoisotopic (exact) mass is 349 g/mol. The Balaban J connectivity index is 2.11. The second-order valence-corrected chi connectivity index (χ2v) is 9.59. The summed E-state index contributed by atoms with van der Waals surface area (Å²) in [5, 5.41) is 1.60. The summed E-state index contributed by atoms with van der Waals surface area (Å²) in [4.78, 5) is 0. The van der Waals surface area contributed by atoms with Crippen LogP contribution in [0.25, 0.3) is 6.08 Å². The molecule has 0 aliphatic carbocycles. The zero-order chi connectivity index (χ0) is 15.7. The lowest BCUT2D eigenvalue weighted by Crippen LogP contribution is -2.45. The fourth-order valence-electron chi connectivity index (χ4n) is 2.21. The number of nitrogens with one attached hydrogen (secondary N) is 1. The van der Waals surface area contributed by atoms with E-state index in [9.17, 15) is 16.8 Å².